The van der Waals surface area contributed by atoms with E-state index in [9.17, 15) is 0 Å². The molecule has 11 heavy (non-hydrogen) atoms. The van der Waals surface area contributed by atoms with Gasteiger partial charge in [0.15, 0.2) is 0 Å². The van der Waals surface area contributed by atoms with Crippen molar-refractivity contribution in [1.82, 2.24) is 4.98 Å². The Labute approximate surface area is 73.7 Å². The number of pyridine rings is 1. The number of aromatic nitrogens is 1. The van der Waals surface area contributed by atoms with E-state index in [2.05, 4.69) is 20.9 Å². The summed E-state index contributed by atoms with van der Waals surface area (Å²) in [5.41, 5.74) is 1.26. The van der Waals surface area contributed by atoms with Crippen LogP contribution in [0.2, 0.25) is 0 Å². The van der Waals surface area contributed by atoms with E-state index in [1.54, 1.807) is 6.20 Å². The molecule has 2 rings (SSSR count). The van der Waals surface area contributed by atoms with Crippen LogP contribution in [0.15, 0.2) is 16.9 Å². The molecule has 0 saturated heterocycles. The van der Waals surface area contributed by atoms with Crippen LogP contribution in [0, 0.1) is 0 Å². The molecule has 58 valence electrons. The highest BCUT2D eigenvalue weighted by Gasteiger charge is 2.12. The van der Waals surface area contributed by atoms with Crippen molar-refractivity contribution in [2.24, 2.45) is 0 Å². The summed E-state index contributed by atoms with van der Waals surface area (Å²) >= 11 is 3.44. The van der Waals surface area contributed by atoms with Crippen LogP contribution < -0.4 is 4.74 Å². The minimum absolute atomic E-state index is 0.825. The second kappa shape index (κ2) is 2.81. The molecule has 0 fully saturated rings. The largest absolute Gasteiger partial charge is 0.492 e. The van der Waals surface area contributed by atoms with Crippen molar-refractivity contribution in [1.29, 1.82) is 0 Å². The van der Waals surface area contributed by atoms with E-state index in [1.807, 2.05) is 6.20 Å². The third-order valence-electron chi connectivity index (χ3n) is 1.79. The Bertz CT molecular complexity index is 275. The van der Waals surface area contributed by atoms with E-state index in [0.29, 0.717) is 0 Å². The number of ether oxygens (including phenoxy) is 1. The van der Waals surface area contributed by atoms with Crippen molar-refractivity contribution in [2.45, 2.75) is 12.8 Å². The van der Waals surface area contributed by atoms with E-state index >= 15 is 0 Å². The van der Waals surface area contributed by atoms with Gasteiger partial charge >= 0.3 is 0 Å². The molecule has 0 aromatic carbocycles. The molecule has 0 N–H and O–H groups in total. The summed E-state index contributed by atoms with van der Waals surface area (Å²) in [6, 6.07) is 0. The molecule has 0 amide bonds. The van der Waals surface area contributed by atoms with Gasteiger partial charge in [0, 0.05) is 16.2 Å². The highest BCUT2D eigenvalue weighted by atomic mass is 79.9. The lowest BCUT2D eigenvalue weighted by molar-refractivity contribution is 0.286. The third-order valence-corrected chi connectivity index (χ3v) is 2.48. The molecule has 0 saturated carbocycles. The smallest absolute Gasteiger partial charge is 0.141 e. The molecule has 0 bridgehead atoms. The van der Waals surface area contributed by atoms with Gasteiger partial charge in [0.2, 0.25) is 0 Å². The topological polar surface area (TPSA) is 22.1 Å². The minimum atomic E-state index is 0.825. The summed E-state index contributed by atoms with van der Waals surface area (Å²) in [4.78, 5) is 4.03. The summed E-state index contributed by atoms with van der Waals surface area (Å²) in [5.74, 6) is 0.936. The number of rotatable bonds is 0. The van der Waals surface area contributed by atoms with Crippen molar-refractivity contribution in [3.8, 4) is 5.75 Å². The summed E-state index contributed by atoms with van der Waals surface area (Å²) < 4.78 is 6.48. The van der Waals surface area contributed by atoms with Gasteiger partial charge in [-0.25, -0.2) is 0 Å². The monoisotopic (exact) mass is 213 g/mol. The molecule has 1 aromatic rings. The van der Waals surface area contributed by atoms with Crippen molar-refractivity contribution in [2.75, 3.05) is 6.61 Å². The van der Waals surface area contributed by atoms with Crippen LogP contribution in [0.5, 0.6) is 5.75 Å². The summed E-state index contributed by atoms with van der Waals surface area (Å²) in [5, 5.41) is 0. The lowest BCUT2D eigenvalue weighted by Crippen LogP contribution is -2.08. The fraction of sp³-hybridized carbons (Fsp3) is 0.375. The lowest BCUT2D eigenvalue weighted by Gasteiger charge is -2.16. The maximum absolute atomic E-state index is 5.41. The predicted octanol–water partition coefficient (Wildman–Crippen LogP) is 2.17. The predicted molar refractivity (Wildman–Crippen MR) is 45.8 cm³/mol. The Hall–Kier alpha value is -0.570. The van der Waals surface area contributed by atoms with Crippen LogP contribution >= 0.6 is 15.9 Å². The first-order chi connectivity index (χ1) is 5.38. The van der Waals surface area contributed by atoms with Crippen molar-refractivity contribution < 1.29 is 4.74 Å². The maximum Gasteiger partial charge on any atom is 0.141 e. The fourth-order valence-corrected chi connectivity index (χ4v) is 1.75. The molecule has 0 spiro atoms. The van der Waals surface area contributed by atoms with Gasteiger partial charge in [0.05, 0.1) is 12.8 Å². The normalized spacial score (nSPS) is 15.4. The maximum atomic E-state index is 5.41. The summed E-state index contributed by atoms with van der Waals surface area (Å²) in [7, 11) is 0. The quantitative estimate of drug-likeness (QED) is 0.660. The highest BCUT2D eigenvalue weighted by Crippen LogP contribution is 2.29. The highest BCUT2D eigenvalue weighted by molar-refractivity contribution is 9.10. The molecule has 2 nitrogen and oxygen atoms in total. The average Bonchev–Trinajstić information content (AvgIpc) is 2.06. The molecular formula is C8H8BrNO. The molecule has 3 heteroatoms. The van der Waals surface area contributed by atoms with Gasteiger partial charge in [-0.2, -0.15) is 0 Å². The number of fused-ring (bicyclic) bond motifs is 1. The Balaban J connectivity index is 2.49. The molecule has 2 heterocycles. The molecule has 0 aliphatic carbocycles. The molecule has 1 aliphatic rings. The third kappa shape index (κ3) is 1.25. The number of hydrogen-bond acceptors (Lipinski definition) is 2. The van der Waals surface area contributed by atoms with Crippen molar-refractivity contribution in [3.05, 3.63) is 22.4 Å². The van der Waals surface area contributed by atoms with Crippen LogP contribution in [0.3, 0.4) is 0 Å². The van der Waals surface area contributed by atoms with Crippen LogP contribution in [-0.4, -0.2) is 11.6 Å². The second-order valence-corrected chi connectivity index (χ2v) is 3.40. The molecule has 0 radical (unpaired) electrons. The van der Waals surface area contributed by atoms with Crippen LogP contribution in [-0.2, 0) is 6.42 Å². The zero-order valence-corrected chi connectivity index (χ0v) is 7.60. The zero-order chi connectivity index (χ0) is 7.68. The van der Waals surface area contributed by atoms with E-state index in [0.717, 1.165) is 29.7 Å². The molecule has 1 aromatic heterocycles. The van der Waals surface area contributed by atoms with E-state index < -0.39 is 0 Å². The van der Waals surface area contributed by atoms with Gasteiger partial charge < -0.3 is 4.74 Å². The Morgan fingerprint density at radius 2 is 2.36 bits per heavy atom. The van der Waals surface area contributed by atoms with E-state index in [1.165, 1.54) is 5.56 Å². The van der Waals surface area contributed by atoms with Crippen LogP contribution in [0.1, 0.15) is 12.0 Å². The number of halogens is 1. The van der Waals surface area contributed by atoms with Crippen molar-refractivity contribution in [3.63, 3.8) is 0 Å². The van der Waals surface area contributed by atoms with E-state index in [-0.39, 0.29) is 0 Å². The summed E-state index contributed by atoms with van der Waals surface area (Å²) in [6.07, 6.45) is 5.79. The van der Waals surface area contributed by atoms with Crippen LogP contribution in [0.4, 0.5) is 0 Å². The number of nitrogens with zero attached hydrogens (tertiary/aromatic N) is 1. The molecule has 0 unspecified atom stereocenters. The average molecular weight is 214 g/mol. The Morgan fingerprint density at radius 3 is 3.18 bits per heavy atom. The first-order valence-electron chi connectivity index (χ1n) is 3.63. The first kappa shape index (κ1) is 7.10. The van der Waals surface area contributed by atoms with Gasteiger partial charge in [-0.05, 0) is 28.8 Å². The van der Waals surface area contributed by atoms with E-state index in [4.69, 9.17) is 4.74 Å². The minimum Gasteiger partial charge on any atom is -0.492 e. The molecule has 0 atom stereocenters. The zero-order valence-electron chi connectivity index (χ0n) is 6.01. The SMILES string of the molecule is Brc1cncc2c1CCCO2. The van der Waals surface area contributed by atoms with Crippen LogP contribution in [0.25, 0.3) is 0 Å². The summed E-state index contributed by atoms with van der Waals surface area (Å²) in [6.45, 7) is 0.825. The van der Waals surface area contributed by atoms with Gasteiger partial charge in [-0.3, -0.25) is 4.98 Å². The van der Waals surface area contributed by atoms with Crippen molar-refractivity contribution >= 4 is 15.9 Å². The standard InChI is InChI=1S/C8H8BrNO/c9-7-4-10-5-8-6(7)2-1-3-11-8/h4-5H,1-3H2. The van der Waals surface area contributed by atoms with Gasteiger partial charge in [0.25, 0.3) is 0 Å². The Morgan fingerprint density at radius 1 is 1.45 bits per heavy atom. The van der Waals surface area contributed by atoms with Gasteiger partial charge in [-0.1, -0.05) is 0 Å². The van der Waals surface area contributed by atoms with Gasteiger partial charge in [-0.15, -0.1) is 0 Å². The first-order valence-corrected chi connectivity index (χ1v) is 4.42. The lowest BCUT2D eigenvalue weighted by atomic mass is 10.1. The van der Waals surface area contributed by atoms with Gasteiger partial charge in [0.1, 0.15) is 5.75 Å². The molecule has 1 aliphatic heterocycles. The number of hydrogen-bond donors (Lipinski definition) is 0. The second-order valence-electron chi connectivity index (χ2n) is 2.55. The Kier molecular flexibility index (Phi) is 1.82. The fourth-order valence-electron chi connectivity index (χ4n) is 1.24. The molecular weight excluding hydrogens is 206 g/mol.